The highest BCUT2D eigenvalue weighted by Gasteiger charge is 2.34. The van der Waals surface area contributed by atoms with Gasteiger partial charge in [0.1, 0.15) is 23.1 Å². The summed E-state index contributed by atoms with van der Waals surface area (Å²) >= 11 is 0. The van der Waals surface area contributed by atoms with Crippen LogP contribution in [0.3, 0.4) is 0 Å². The molecular weight excluding hydrogens is 318 g/mol. The summed E-state index contributed by atoms with van der Waals surface area (Å²) in [6, 6.07) is 15.6. The number of phenols is 1. The van der Waals surface area contributed by atoms with Crippen LogP contribution < -0.4 is 16.0 Å². The number of nitrogens with two attached hydrogens (primary N) is 1. The number of benzene rings is 2. The lowest BCUT2D eigenvalue weighted by molar-refractivity contribution is 0.397. The van der Waals surface area contributed by atoms with E-state index in [-0.39, 0.29) is 22.8 Å². The van der Waals surface area contributed by atoms with Gasteiger partial charge in [0.05, 0.1) is 17.0 Å². The zero-order valence-electron chi connectivity index (χ0n) is 13.0. The summed E-state index contributed by atoms with van der Waals surface area (Å²) in [6.07, 6.45) is 0. The largest absolute Gasteiger partial charge is 0.508 e. The second-order valence-electron chi connectivity index (χ2n) is 5.76. The fraction of sp³-hybridized carbons (Fsp3) is 0.0526. The predicted molar refractivity (Wildman–Crippen MR) is 92.0 cm³/mol. The highest BCUT2D eigenvalue weighted by molar-refractivity contribution is 5.87. The second kappa shape index (κ2) is 5.42. The van der Waals surface area contributed by atoms with Crippen LogP contribution in [0.1, 0.15) is 17.0 Å². The quantitative estimate of drug-likeness (QED) is 0.634. The minimum atomic E-state index is -0.664. The topological polar surface area (TPSA) is 112 Å². The Hall–Kier alpha value is -3.72. The van der Waals surface area contributed by atoms with Gasteiger partial charge in [0.25, 0.3) is 5.56 Å². The molecule has 6 nitrogen and oxygen atoms in total. The van der Waals surface area contributed by atoms with Gasteiger partial charge in [-0.25, -0.2) is 0 Å². The molecule has 2 heterocycles. The molecule has 0 fully saturated rings. The van der Waals surface area contributed by atoms with E-state index in [2.05, 4.69) is 4.98 Å². The summed E-state index contributed by atoms with van der Waals surface area (Å²) < 4.78 is 5.67. The summed E-state index contributed by atoms with van der Waals surface area (Å²) in [4.78, 5) is 15.6. The molecule has 1 aliphatic rings. The number of hydrogen-bond acceptors (Lipinski definition) is 5. The van der Waals surface area contributed by atoms with E-state index < -0.39 is 5.92 Å². The van der Waals surface area contributed by atoms with Gasteiger partial charge in [0.15, 0.2) is 0 Å². The molecule has 0 amide bonds. The SMILES string of the molecule is N#CC1=C(N)Oc2c(c(=O)[nH]c3ccccc23)[C@H]1c1ccc(O)cc1. The zero-order valence-corrected chi connectivity index (χ0v) is 13.0. The molecule has 25 heavy (non-hydrogen) atoms. The second-order valence-corrected chi connectivity index (χ2v) is 5.76. The number of H-pyrrole nitrogens is 1. The number of nitrogens with zero attached hydrogens (tertiary/aromatic N) is 1. The third-order valence-corrected chi connectivity index (χ3v) is 4.31. The van der Waals surface area contributed by atoms with E-state index in [1.54, 1.807) is 18.2 Å². The van der Waals surface area contributed by atoms with Gasteiger partial charge in [-0.05, 0) is 29.8 Å². The van der Waals surface area contributed by atoms with Gasteiger partial charge in [-0.2, -0.15) is 5.26 Å². The van der Waals surface area contributed by atoms with Gasteiger partial charge in [-0.3, -0.25) is 4.79 Å². The summed E-state index contributed by atoms with van der Waals surface area (Å²) in [5.74, 6) is -0.237. The van der Waals surface area contributed by atoms with Crippen molar-refractivity contribution >= 4 is 10.9 Å². The Bertz CT molecular complexity index is 1120. The molecule has 2 aromatic carbocycles. The molecular formula is C19H13N3O3. The number of nitrogens with one attached hydrogen (secondary N) is 1. The number of phenolic OH excluding ortho intramolecular Hbond substituents is 1. The van der Waals surface area contributed by atoms with E-state index in [1.165, 1.54) is 12.1 Å². The summed E-state index contributed by atoms with van der Waals surface area (Å²) in [7, 11) is 0. The molecule has 0 aliphatic carbocycles. The third kappa shape index (κ3) is 2.22. The van der Waals surface area contributed by atoms with E-state index in [0.717, 1.165) is 0 Å². The number of pyridine rings is 1. The van der Waals surface area contributed by atoms with E-state index in [9.17, 15) is 15.2 Å². The van der Waals surface area contributed by atoms with Gasteiger partial charge >= 0.3 is 0 Å². The number of aromatic nitrogens is 1. The lowest BCUT2D eigenvalue weighted by Crippen LogP contribution is -2.27. The molecule has 4 rings (SSSR count). The first-order valence-electron chi connectivity index (χ1n) is 7.61. The standard InChI is InChI=1S/C19H13N3O3/c20-9-13-15(10-5-7-11(23)8-6-10)16-17(25-18(13)21)12-3-1-2-4-14(12)22-19(16)24/h1-8,15,23H,21H2,(H,22,24)/t15-/m0/s1. The van der Waals surface area contributed by atoms with E-state index in [0.29, 0.717) is 27.8 Å². The molecule has 1 atom stereocenters. The first-order chi connectivity index (χ1) is 12.1. The van der Waals surface area contributed by atoms with Crippen LogP contribution in [0, 0.1) is 11.3 Å². The number of para-hydroxylation sites is 1. The molecule has 0 radical (unpaired) electrons. The van der Waals surface area contributed by atoms with Crippen LogP contribution in [0.25, 0.3) is 10.9 Å². The maximum atomic E-state index is 12.7. The number of allylic oxidation sites excluding steroid dienone is 1. The molecule has 4 N–H and O–H groups in total. The highest BCUT2D eigenvalue weighted by atomic mass is 16.5. The molecule has 6 heteroatoms. The monoisotopic (exact) mass is 331 g/mol. The fourth-order valence-electron chi connectivity index (χ4n) is 3.17. The molecule has 1 aromatic heterocycles. The van der Waals surface area contributed by atoms with Crippen LogP contribution >= 0.6 is 0 Å². The number of fused-ring (bicyclic) bond motifs is 3. The average Bonchev–Trinajstić information content (AvgIpc) is 2.61. The normalized spacial score (nSPS) is 16.2. The molecule has 0 saturated heterocycles. The fourth-order valence-corrected chi connectivity index (χ4v) is 3.17. The Morgan fingerprint density at radius 1 is 1.16 bits per heavy atom. The Balaban J connectivity index is 2.08. The van der Waals surface area contributed by atoms with Gasteiger partial charge in [0, 0.05) is 5.39 Å². The Morgan fingerprint density at radius 3 is 2.60 bits per heavy atom. The first kappa shape index (κ1) is 14.8. The Kier molecular flexibility index (Phi) is 3.22. The molecule has 0 spiro atoms. The number of hydrogen-bond donors (Lipinski definition) is 3. The van der Waals surface area contributed by atoms with Gasteiger partial charge in [-0.1, -0.05) is 24.3 Å². The molecule has 3 aromatic rings. The number of rotatable bonds is 1. The van der Waals surface area contributed by atoms with Crippen molar-refractivity contribution in [3.05, 3.63) is 81.5 Å². The zero-order chi connectivity index (χ0) is 17.6. The van der Waals surface area contributed by atoms with Crippen molar-refractivity contribution in [1.29, 1.82) is 5.26 Å². The lowest BCUT2D eigenvalue weighted by atomic mass is 9.83. The molecule has 122 valence electrons. The molecule has 0 bridgehead atoms. The number of ether oxygens (including phenoxy) is 1. The van der Waals surface area contributed by atoms with Crippen molar-refractivity contribution in [2.75, 3.05) is 0 Å². The Morgan fingerprint density at radius 2 is 1.88 bits per heavy atom. The number of nitriles is 1. The molecule has 0 saturated carbocycles. The van der Waals surface area contributed by atoms with Crippen molar-refractivity contribution in [3.63, 3.8) is 0 Å². The van der Waals surface area contributed by atoms with Crippen molar-refractivity contribution < 1.29 is 9.84 Å². The molecule has 0 unspecified atom stereocenters. The van der Waals surface area contributed by atoms with Crippen LogP contribution in [0.5, 0.6) is 11.5 Å². The minimum absolute atomic E-state index is 0.0242. The van der Waals surface area contributed by atoms with Gasteiger partial charge < -0.3 is 20.6 Å². The number of aromatic hydroxyl groups is 1. The minimum Gasteiger partial charge on any atom is -0.508 e. The van der Waals surface area contributed by atoms with Crippen LogP contribution in [0.15, 0.2) is 64.8 Å². The summed E-state index contributed by atoms with van der Waals surface area (Å²) in [5.41, 5.74) is 7.43. The lowest BCUT2D eigenvalue weighted by Gasteiger charge is -2.26. The average molecular weight is 331 g/mol. The molecule has 1 aliphatic heterocycles. The summed E-state index contributed by atoms with van der Waals surface area (Å²) in [5, 5.41) is 19.8. The van der Waals surface area contributed by atoms with Crippen LogP contribution in [0.2, 0.25) is 0 Å². The predicted octanol–water partition coefficient (Wildman–Crippen LogP) is 2.45. The third-order valence-electron chi connectivity index (χ3n) is 4.31. The van der Waals surface area contributed by atoms with Crippen LogP contribution in [-0.2, 0) is 0 Å². The van der Waals surface area contributed by atoms with Crippen molar-refractivity contribution in [1.82, 2.24) is 4.98 Å². The van der Waals surface area contributed by atoms with Crippen LogP contribution in [-0.4, -0.2) is 10.1 Å². The number of aromatic amines is 1. The maximum absolute atomic E-state index is 12.7. The summed E-state index contributed by atoms with van der Waals surface area (Å²) in [6.45, 7) is 0. The Labute approximate surface area is 142 Å². The smallest absolute Gasteiger partial charge is 0.256 e. The van der Waals surface area contributed by atoms with Crippen LogP contribution in [0.4, 0.5) is 0 Å². The van der Waals surface area contributed by atoms with Crippen molar-refractivity contribution in [2.45, 2.75) is 5.92 Å². The first-order valence-corrected chi connectivity index (χ1v) is 7.61. The van der Waals surface area contributed by atoms with E-state index in [4.69, 9.17) is 10.5 Å². The highest BCUT2D eigenvalue weighted by Crippen LogP contribution is 2.42. The van der Waals surface area contributed by atoms with E-state index in [1.807, 2.05) is 24.3 Å². The van der Waals surface area contributed by atoms with E-state index >= 15 is 0 Å². The van der Waals surface area contributed by atoms with Gasteiger partial charge in [0.2, 0.25) is 5.88 Å². The van der Waals surface area contributed by atoms with Crippen molar-refractivity contribution in [2.24, 2.45) is 5.73 Å². The maximum Gasteiger partial charge on any atom is 0.256 e. The van der Waals surface area contributed by atoms with Crippen molar-refractivity contribution in [3.8, 4) is 17.6 Å². The van der Waals surface area contributed by atoms with Gasteiger partial charge in [-0.15, -0.1) is 0 Å².